The van der Waals surface area contributed by atoms with Crippen LogP contribution in [0.5, 0.6) is 5.88 Å². The van der Waals surface area contributed by atoms with Crippen LogP contribution in [0.3, 0.4) is 0 Å². The zero-order chi connectivity index (χ0) is 38.0. The Bertz CT molecular complexity index is 1660. The number of hydrogen-bond donors (Lipinski definition) is 0. The fourth-order valence-corrected chi connectivity index (χ4v) is 4.74. The van der Waals surface area contributed by atoms with Crippen molar-refractivity contribution in [3.63, 3.8) is 0 Å². The van der Waals surface area contributed by atoms with Crippen LogP contribution in [-0.4, -0.2) is 64.1 Å². The van der Waals surface area contributed by atoms with E-state index in [9.17, 15) is 22.8 Å². The van der Waals surface area contributed by atoms with Crippen LogP contribution in [0.15, 0.2) is 40.8 Å². The minimum absolute atomic E-state index is 0.111. The molecule has 0 spiro atoms. The van der Waals surface area contributed by atoms with Gasteiger partial charge in [0.05, 0.1) is 18.9 Å². The smallest absolute Gasteiger partial charge is 0.426 e. The van der Waals surface area contributed by atoms with Crippen molar-refractivity contribution < 1.29 is 64.0 Å². The summed E-state index contributed by atoms with van der Waals surface area (Å²) in [4.78, 5) is 31.2. The molecule has 0 N–H and O–H groups in total. The summed E-state index contributed by atoms with van der Waals surface area (Å²) >= 11 is 0. The third-order valence-electron chi connectivity index (χ3n) is 6.91. The lowest BCUT2D eigenvalue weighted by Gasteiger charge is -2.33. The van der Waals surface area contributed by atoms with Crippen molar-refractivity contribution in [2.45, 2.75) is 103 Å². The normalized spacial score (nSPS) is 19.0. The average Bonchev–Trinajstić information content (AvgIpc) is 3.46. The molecule has 1 aliphatic heterocycles. The Labute approximate surface area is 289 Å². The number of alkyl halides is 6. The lowest BCUT2D eigenvalue weighted by atomic mass is 9.96. The molecule has 2 amide bonds. The van der Waals surface area contributed by atoms with Gasteiger partial charge in [-0.05, 0) is 72.9 Å². The van der Waals surface area contributed by atoms with Crippen molar-refractivity contribution >= 4 is 17.9 Å². The number of rotatable bonds is 4. The van der Waals surface area contributed by atoms with E-state index in [2.05, 4.69) is 15.2 Å². The van der Waals surface area contributed by atoms with Gasteiger partial charge in [0.2, 0.25) is 11.5 Å². The summed E-state index contributed by atoms with van der Waals surface area (Å²) in [6.07, 6.45) is -15.6. The molecule has 18 heteroatoms. The number of pyridine rings is 1. The number of hydrogen-bond acceptors (Lipinski definition) is 11. The molecule has 0 unspecified atom stereocenters. The topological polar surface area (TPSA) is 135 Å². The minimum Gasteiger partial charge on any atom is -0.472 e. The van der Waals surface area contributed by atoms with Crippen molar-refractivity contribution in [2.75, 3.05) is 18.1 Å². The first-order valence-corrected chi connectivity index (χ1v) is 15.7. The maximum atomic E-state index is 15.2. The minimum atomic E-state index is -5.20. The van der Waals surface area contributed by atoms with Crippen LogP contribution in [-0.2, 0) is 37.3 Å². The molecule has 2 aromatic heterocycles. The van der Waals surface area contributed by atoms with Gasteiger partial charge in [0.25, 0.3) is 11.8 Å². The number of ether oxygens (including phenoxy) is 5. The van der Waals surface area contributed by atoms with E-state index in [1.807, 2.05) is 0 Å². The molecule has 3 heterocycles. The molecule has 0 saturated carbocycles. The number of fused-ring (bicyclic) bond motifs is 5. The van der Waals surface area contributed by atoms with Crippen molar-refractivity contribution in [3.8, 4) is 17.5 Å². The van der Waals surface area contributed by atoms with Crippen LogP contribution in [0.4, 0.5) is 41.6 Å². The van der Waals surface area contributed by atoms with Gasteiger partial charge in [-0.15, -0.1) is 10.2 Å². The van der Waals surface area contributed by atoms with Crippen molar-refractivity contribution in [1.29, 1.82) is 0 Å². The van der Waals surface area contributed by atoms with Gasteiger partial charge < -0.3 is 28.1 Å². The zero-order valence-corrected chi connectivity index (χ0v) is 28.9. The van der Waals surface area contributed by atoms with Crippen LogP contribution >= 0.6 is 0 Å². The number of benzene rings is 1. The Balaban J connectivity index is 2.03. The Hall–Kier alpha value is -4.45. The molecule has 0 saturated heterocycles. The molecule has 51 heavy (non-hydrogen) atoms. The number of amides is 2. The lowest BCUT2D eigenvalue weighted by Crippen LogP contribution is -2.45. The predicted octanol–water partition coefficient (Wildman–Crippen LogP) is 8.38. The first-order valence-electron chi connectivity index (χ1n) is 15.7. The molecular formula is C33H38F6N4O8. The van der Waals surface area contributed by atoms with E-state index < -0.39 is 95.1 Å². The van der Waals surface area contributed by atoms with Gasteiger partial charge in [-0.1, -0.05) is 30.3 Å². The van der Waals surface area contributed by atoms with E-state index >= 15 is 13.2 Å². The number of imide groups is 1. The van der Waals surface area contributed by atoms with Crippen LogP contribution in [0, 0.1) is 0 Å². The molecule has 280 valence electrons. The summed E-state index contributed by atoms with van der Waals surface area (Å²) in [5.74, 6) is -3.11. The Morgan fingerprint density at radius 3 is 2.10 bits per heavy atom. The molecule has 0 fully saturated rings. The molecule has 1 aromatic carbocycles. The predicted molar refractivity (Wildman–Crippen MR) is 167 cm³/mol. The first kappa shape index (κ1) is 39.3. The maximum Gasteiger partial charge on any atom is 0.426 e. The number of aromatic nitrogens is 3. The molecular weight excluding hydrogens is 694 g/mol. The van der Waals surface area contributed by atoms with Crippen LogP contribution in [0.2, 0.25) is 0 Å². The molecule has 3 aromatic rings. The van der Waals surface area contributed by atoms with Crippen LogP contribution in [0.25, 0.3) is 11.6 Å². The fourth-order valence-electron chi connectivity index (χ4n) is 4.74. The van der Waals surface area contributed by atoms with E-state index in [-0.39, 0.29) is 24.5 Å². The van der Waals surface area contributed by atoms with E-state index in [1.165, 1.54) is 48.5 Å². The number of halogens is 6. The Morgan fingerprint density at radius 2 is 1.55 bits per heavy atom. The van der Waals surface area contributed by atoms with Gasteiger partial charge in [0.15, 0.2) is 5.69 Å². The van der Waals surface area contributed by atoms with Gasteiger partial charge in [0, 0.05) is 6.61 Å². The van der Waals surface area contributed by atoms with Crippen molar-refractivity contribution in [2.24, 2.45) is 0 Å². The molecule has 2 atom stereocenters. The Morgan fingerprint density at radius 1 is 0.941 bits per heavy atom. The molecule has 4 rings (SSSR count). The second-order valence-electron chi connectivity index (χ2n) is 13.6. The van der Waals surface area contributed by atoms with E-state index in [0.717, 1.165) is 0 Å². The number of carbonyl (C=O) groups excluding carboxylic acids is 2. The summed E-state index contributed by atoms with van der Waals surface area (Å²) in [6.45, 7) is 8.76. The first-order chi connectivity index (χ1) is 23.5. The highest BCUT2D eigenvalue weighted by Gasteiger charge is 2.61. The van der Waals surface area contributed by atoms with Crippen LogP contribution < -0.4 is 9.64 Å². The second-order valence-corrected chi connectivity index (χ2v) is 13.6. The molecule has 12 nitrogen and oxygen atoms in total. The van der Waals surface area contributed by atoms with Crippen molar-refractivity contribution in [1.82, 2.24) is 15.2 Å². The van der Waals surface area contributed by atoms with Gasteiger partial charge in [0.1, 0.15) is 22.9 Å². The van der Waals surface area contributed by atoms with E-state index in [0.29, 0.717) is 11.6 Å². The summed E-state index contributed by atoms with van der Waals surface area (Å²) in [5, 5.41) is 7.34. The fraction of sp³-hybridized carbons (Fsp3) is 0.545. The Kier molecular flexibility index (Phi) is 11.3. The number of carbonyl (C=O) groups is 2. The third-order valence-corrected chi connectivity index (χ3v) is 6.91. The van der Waals surface area contributed by atoms with Crippen molar-refractivity contribution in [3.05, 3.63) is 53.4 Å². The van der Waals surface area contributed by atoms with E-state index in [4.69, 9.17) is 28.1 Å². The van der Waals surface area contributed by atoms with Gasteiger partial charge in [-0.25, -0.2) is 14.6 Å². The summed E-state index contributed by atoms with van der Waals surface area (Å²) in [7, 11) is 0. The summed E-state index contributed by atoms with van der Waals surface area (Å²) in [5.41, 5.74) is -8.80. The highest BCUT2D eigenvalue weighted by Crippen LogP contribution is 2.48. The summed E-state index contributed by atoms with van der Waals surface area (Å²) in [6, 6.07) is 8.28. The highest BCUT2D eigenvalue weighted by atomic mass is 19.4. The standard InChI is InChI=1S/C33H38F6N4O8/c1-19-17-46-15-11-14-31(33(37,38)39,47-18-20-12-9-8-10-13-20)26-42-41-25(49-26)23-22(16-21(32(34,35)36)24(40-23)48-19)43(27(44)50-29(2,3)4)28(45)51-30(5,6)7/h8-10,12-13,16,19H,11,14-15,17-18H2,1-7H3/t19-,31-/m1/s1. The zero-order valence-electron chi connectivity index (χ0n) is 28.9. The maximum absolute atomic E-state index is 15.2. The molecule has 0 radical (unpaired) electrons. The van der Waals surface area contributed by atoms with E-state index in [1.54, 1.807) is 30.3 Å². The van der Waals surface area contributed by atoms with Gasteiger partial charge in [-0.3, -0.25) is 0 Å². The molecule has 1 aliphatic rings. The molecule has 4 bridgehead atoms. The van der Waals surface area contributed by atoms with Gasteiger partial charge >= 0.3 is 24.5 Å². The van der Waals surface area contributed by atoms with Gasteiger partial charge in [-0.2, -0.15) is 31.2 Å². The average molecular weight is 733 g/mol. The number of nitrogens with zero attached hydrogens (tertiary/aromatic N) is 4. The third kappa shape index (κ3) is 9.66. The number of anilines is 1. The lowest BCUT2D eigenvalue weighted by molar-refractivity contribution is -0.300. The largest absolute Gasteiger partial charge is 0.472 e. The monoisotopic (exact) mass is 732 g/mol. The SMILES string of the molecule is C[C@@H]1COCCC[C@](OCc2ccccc2)(C(F)(F)F)c2nnc(o2)-c2nc(c(C(F)(F)F)cc2N(C(=O)OC(C)(C)C)C(=O)OC(C)(C)C)O1. The molecule has 0 aliphatic carbocycles. The highest BCUT2D eigenvalue weighted by molar-refractivity contribution is 6.11. The van der Waals surface area contributed by atoms with Crippen LogP contribution in [0.1, 0.15) is 78.3 Å². The second kappa shape index (κ2) is 14.7. The summed E-state index contributed by atoms with van der Waals surface area (Å²) < 4.78 is 122. The quantitative estimate of drug-likeness (QED) is 0.239.